The van der Waals surface area contributed by atoms with Crippen LogP contribution in [-0.4, -0.2) is 25.2 Å². The highest BCUT2D eigenvalue weighted by atomic mass is 16.6. The summed E-state index contributed by atoms with van der Waals surface area (Å²) < 4.78 is 15.8. The summed E-state index contributed by atoms with van der Waals surface area (Å²) >= 11 is 0. The van der Waals surface area contributed by atoms with E-state index in [1.807, 2.05) is 48.6 Å². The van der Waals surface area contributed by atoms with Crippen LogP contribution < -0.4 is 14.2 Å². The van der Waals surface area contributed by atoms with E-state index in [1.54, 1.807) is 19.2 Å². The van der Waals surface area contributed by atoms with E-state index in [1.165, 1.54) is 14.0 Å². The van der Waals surface area contributed by atoms with Gasteiger partial charge in [-0.25, -0.2) is 4.98 Å². The molecule has 2 aromatic carbocycles. The first-order chi connectivity index (χ1) is 12.6. The second-order valence-corrected chi connectivity index (χ2v) is 5.61. The number of hydrogen-bond donors (Lipinski definition) is 0. The maximum atomic E-state index is 11.1. The monoisotopic (exact) mass is 349 g/mol. The molecule has 0 aliphatic carbocycles. The molecular weight excluding hydrogens is 330 g/mol. The van der Waals surface area contributed by atoms with Crippen LogP contribution in [0.3, 0.4) is 0 Å². The number of ether oxygens (including phenoxy) is 3. The number of fused-ring (bicyclic) bond motifs is 1. The third-order valence-corrected chi connectivity index (χ3v) is 3.81. The quantitative estimate of drug-likeness (QED) is 0.506. The van der Waals surface area contributed by atoms with E-state index < -0.39 is 0 Å². The molecule has 0 unspecified atom stereocenters. The molecule has 5 nitrogen and oxygen atoms in total. The molecule has 5 heteroatoms. The van der Waals surface area contributed by atoms with Crippen molar-refractivity contribution in [2.45, 2.75) is 6.92 Å². The summed E-state index contributed by atoms with van der Waals surface area (Å²) in [5, 5.41) is 1.02. The first kappa shape index (κ1) is 17.5. The summed E-state index contributed by atoms with van der Waals surface area (Å²) in [7, 11) is 3.17. The third kappa shape index (κ3) is 3.83. The minimum absolute atomic E-state index is 0.388. The summed E-state index contributed by atoms with van der Waals surface area (Å²) in [5.41, 5.74) is 2.53. The highest BCUT2D eigenvalue weighted by Crippen LogP contribution is 2.29. The zero-order chi connectivity index (χ0) is 18.5. The minimum Gasteiger partial charge on any atom is -0.494 e. The van der Waals surface area contributed by atoms with E-state index in [4.69, 9.17) is 14.2 Å². The molecule has 0 radical (unpaired) electrons. The molecule has 26 heavy (non-hydrogen) atoms. The van der Waals surface area contributed by atoms with E-state index >= 15 is 0 Å². The fourth-order valence-corrected chi connectivity index (χ4v) is 2.60. The summed E-state index contributed by atoms with van der Waals surface area (Å²) in [6.45, 7) is 1.35. The van der Waals surface area contributed by atoms with Crippen LogP contribution in [-0.2, 0) is 4.79 Å². The predicted octanol–water partition coefficient (Wildman–Crippen LogP) is 4.35. The van der Waals surface area contributed by atoms with Gasteiger partial charge in [0.15, 0.2) is 11.5 Å². The molecule has 132 valence electrons. The average molecular weight is 349 g/mol. The number of para-hydroxylation sites is 1. The van der Waals surface area contributed by atoms with Crippen molar-refractivity contribution in [3.63, 3.8) is 0 Å². The topological polar surface area (TPSA) is 57.6 Å². The average Bonchev–Trinajstić information content (AvgIpc) is 2.66. The standard InChI is InChI=1S/C21H19NO4/c1-14(23)26-18-12-8-15(13-20(18)25-3)7-10-17-11-9-16-5-4-6-19(24-2)21(16)22-17/h4-13H,1-3H3/b10-7+. The van der Waals surface area contributed by atoms with Gasteiger partial charge in [0.1, 0.15) is 11.3 Å². The second-order valence-electron chi connectivity index (χ2n) is 5.61. The molecular formula is C21H19NO4. The molecule has 3 aromatic rings. The van der Waals surface area contributed by atoms with Crippen LogP contribution in [0.25, 0.3) is 23.1 Å². The van der Waals surface area contributed by atoms with Gasteiger partial charge < -0.3 is 14.2 Å². The lowest BCUT2D eigenvalue weighted by Gasteiger charge is -2.08. The molecule has 3 rings (SSSR count). The van der Waals surface area contributed by atoms with Crippen molar-refractivity contribution in [1.82, 2.24) is 4.98 Å². The number of rotatable bonds is 5. The number of pyridine rings is 1. The normalized spacial score (nSPS) is 10.9. The van der Waals surface area contributed by atoms with Gasteiger partial charge in [-0.1, -0.05) is 30.3 Å². The van der Waals surface area contributed by atoms with Crippen LogP contribution >= 0.6 is 0 Å². The largest absolute Gasteiger partial charge is 0.494 e. The Kier molecular flexibility index (Phi) is 5.17. The van der Waals surface area contributed by atoms with Crippen LogP contribution in [0.5, 0.6) is 17.2 Å². The lowest BCUT2D eigenvalue weighted by Crippen LogP contribution is -2.02. The first-order valence-corrected chi connectivity index (χ1v) is 8.09. The molecule has 0 saturated heterocycles. The summed E-state index contributed by atoms with van der Waals surface area (Å²) in [6.07, 6.45) is 3.83. The Morgan fingerprint density at radius 1 is 0.923 bits per heavy atom. The van der Waals surface area contributed by atoms with Crippen LogP contribution in [0, 0.1) is 0 Å². The van der Waals surface area contributed by atoms with E-state index in [2.05, 4.69) is 4.98 Å². The molecule has 0 aliphatic rings. The molecule has 0 fully saturated rings. The van der Waals surface area contributed by atoms with Crippen molar-refractivity contribution in [1.29, 1.82) is 0 Å². The molecule has 0 saturated carbocycles. The lowest BCUT2D eigenvalue weighted by atomic mass is 10.1. The molecule has 0 spiro atoms. The fourth-order valence-electron chi connectivity index (χ4n) is 2.60. The first-order valence-electron chi connectivity index (χ1n) is 8.09. The van der Waals surface area contributed by atoms with E-state index in [-0.39, 0.29) is 5.97 Å². The third-order valence-electron chi connectivity index (χ3n) is 3.81. The number of hydrogen-bond acceptors (Lipinski definition) is 5. The van der Waals surface area contributed by atoms with Crippen molar-refractivity contribution in [2.24, 2.45) is 0 Å². The van der Waals surface area contributed by atoms with Gasteiger partial charge in [0.05, 0.1) is 19.9 Å². The molecule has 0 bridgehead atoms. The number of aromatic nitrogens is 1. The van der Waals surface area contributed by atoms with Gasteiger partial charge >= 0.3 is 5.97 Å². The molecule has 0 N–H and O–H groups in total. The molecule has 0 atom stereocenters. The Labute approximate surface area is 151 Å². The van der Waals surface area contributed by atoms with Crippen molar-refractivity contribution in [3.8, 4) is 17.2 Å². The minimum atomic E-state index is -0.388. The molecule has 0 aliphatic heterocycles. The molecule has 0 amide bonds. The van der Waals surface area contributed by atoms with Crippen molar-refractivity contribution < 1.29 is 19.0 Å². The Hall–Kier alpha value is -3.34. The SMILES string of the molecule is COc1cc(/C=C/c2ccc3cccc(OC)c3n2)ccc1OC(C)=O. The number of carbonyl (C=O) groups excluding carboxylic acids is 1. The highest BCUT2D eigenvalue weighted by Gasteiger charge is 2.07. The smallest absolute Gasteiger partial charge is 0.308 e. The van der Waals surface area contributed by atoms with Gasteiger partial charge in [-0.2, -0.15) is 0 Å². The van der Waals surface area contributed by atoms with Gasteiger partial charge in [0.2, 0.25) is 0 Å². The highest BCUT2D eigenvalue weighted by molar-refractivity contribution is 5.86. The van der Waals surface area contributed by atoms with Crippen LogP contribution in [0.15, 0.2) is 48.5 Å². The van der Waals surface area contributed by atoms with Crippen LogP contribution in [0.2, 0.25) is 0 Å². The van der Waals surface area contributed by atoms with Gasteiger partial charge in [-0.3, -0.25) is 4.79 Å². The van der Waals surface area contributed by atoms with Crippen molar-refractivity contribution in [2.75, 3.05) is 14.2 Å². The zero-order valence-corrected chi connectivity index (χ0v) is 14.9. The van der Waals surface area contributed by atoms with Gasteiger partial charge in [-0.05, 0) is 35.9 Å². The van der Waals surface area contributed by atoms with Gasteiger partial charge in [0, 0.05) is 12.3 Å². The molecule has 1 heterocycles. The number of esters is 1. The van der Waals surface area contributed by atoms with Crippen LogP contribution in [0.1, 0.15) is 18.2 Å². The van der Waals surface area contributed by atoms with E-state index in [0.717, 1.165) is 27.9 Å². The van der Waals surface area contributed by atoms with E-state index in [9.17, 15) is 4.79 Å². The summed E-state index contributed by atoms with van der Waals surface area (Å²) in [5.74, 6) is 1.24. The van der Waals surface area contributed by atoms with Crippen LogP contribution in [0.4, 0.5) is 0 Å². The maximum Gasteiger partial charge on any atom is 0.308 e. The van der Waals surface area contributed by atoms with Gasteiger partial charge in [-0.15, -0.1) is 0 Å². The van der Waals surface area contributed by atoms with Gasteiger partial charge in [0.25, 0.3) is 0 Å². The number of nitrogens with zero attached hydrogens (tertiary/aromatic N) is 1. The Morgan fingerprint density at radius 3 is 2.46 bits per heavy atom. The number of carbonyl (C=O) groups is 1. The van der Waals surface area contributed by atoms with Crippen molar-refractivity contribution in [3.05, 3.63) is 59.8 Å². The Bertz CT molecular complexity index is 979. The summed E-state index contributed by atoms with van der Waals surface area (Å²) in [4.78, 5) is 15.8. The Balaban J connectivity index is 1.90. The molecule has 1 aromatic heterocycles. The second kappa shape index (κ2) is 7.70. The summed E-state index contributed by atoms with van der Waals surface area (Å²) in [6, 6.07) is 15.1. The predicted molar refractivity (Wildman–Crippen MR) is 102 cm³/mol. The Morgan fingerprint density at radius 2 is 1.73 bits per heavy atom. The zero-order valence-electron chi connectivity index (χ0n) is 14.9. The lowest BCUT2D eigenvalue weighted by molar-refractivity contribution is -0.132. The van der Waals surface area contributed by atoms with E-state index in [0.29, 0.717) is 11.5 Å². The maximum absolute atomic E-state index is 11.1. The fraction of sp³-hybridized carbons (Fsp3) is 0.143. The number of benzene rings is 2. The number of methoxy groups -OCH3 is 2. The van der Waals surface area contributed by atoms with Crippen molar-refractivity contribution >= 4 is 29.0 Å².